The number of carboxylic acid groups (broad SMARTS) is 1. The number of unbranched alkanes of at least 4 members (excludes halogenated alkanes) is 1. The number of rotatable bonds is 12. The number of hydrogen-bond acceptors (Lipinski definition) is 4. The van der Waals surface area contributed by atoms with E-state index < -0.39 is 11.6 Å². The Morgan fingerprint density at radius 1 is 1.14 bits per heavy atom. The van der Waals surface area contributed by atoms with Gasteiger partial charge in [0.1, 0.15) is 5.75 Å². The fraction of sp³-hybridized carbons (Fsp3) is 0.600. The highest BCUT2D eigenvalue weighted by molar-refractivity contribution is 5.77. The number of carbonyl (C=O) groups excluding carboxylic acids is 1. The van der Waals surface area contributed by atoms with Gasteiger partial charge in [0.15, 0.2) is 5.60 Å². The highest BCUT2D eigenvalue weighted by Gasteiger charge is 2.34. The number of nitrogens with zero attached hydrogens (tertiary/aromatic N) is 2. The quantitative estimate of drug-likeness (QED) is 0.241. The molecule has 2 amide bonds. The first-order valence-electron chi connectivity index (χ1n) is 13.4. The van der Waals surface area contributed by atoms with Gasteiger partial charge in [-0.3, -0.25) is 0 Å². The molecular formula is C30H52N2O5. The van der Waals surface area contributed by atoms with Crippen molar-refractivity contribution in [2.45, 2.75) is 85.8 Å². The van der Waals surface area contributed by atoms with E-state index in [0.717, 1.165) is 43.7 Å². The van der Waals surface area contributed by atoms with Crippen LogP contribution in [0.3, 0.4) is 0 Å². The van der Waals surface area contributed by atoms with Gasteiger partial charge in [0.25, 0.3) is 0 Å². The molecule has 1 aromatic carbocycles. The number of allylic oxidation sites excluding steroid dienone is 2. The first-order valence-corrected chi connectivity index (χ1v) is 13.4. The Hall–Kier alpha value is -2.80. The molecule has 2 atom stereocenters. The molecule has 1 heterocycles. The summed E-state index contributed by atoms with van der Waals surface area (Å²) in [7, 11) is 1.83. The molecule has 0 aromatic heterocycles. The summed E-state index contributed by atoms with van der Waals surface area (Å²) in [5.41, 5.74) is -0.346. The topological polar surface area (TPSA) is 79.3 Å². The maximum atomic E-state index is 12.0. The monoisotopic (exact) mass is 520 g/mol. The van der Waals surface area contributed by atoms with Crippen LogP contribution in [0.15, 0.2) is 49.6 Å². The predicted octanol–water partition coefficient (Wildman–Crippen LogP) is 6.82. The molecule has 0 radical (unpaired) electrons. The lowest BCUT2D eigenvalue weighted by Gasteiger charge is -2.25. The summed E-state index contributed by atoms with van der Waals surface area (Å²) >= 11 is 0. The fourth-order valence-corrected chi connectivity index (χ4v) is 3.42. The predicted molar refractivity (Wildman–Crippen MR) is 154 cm³/mol. The average Bonchev–Trinajstić information content (AvgIpc) is 3.15. The van der Waals surface area contributed by atoms with Gasteiger partial charge in [-0.05, 0) is 51.8 Å². The van der Waals surface area contributed by atoms with Crippen LogP contribution in [0.2, 0.25) is 0 Å². The van der Waals surface area contributed by atoms with Crippen molar-refractivity contribution in [2.75, 3.05) is 33.4 Å². The number of hydrogen-bond donors (Lipinski definition) is 1. The molecule has 1 aliphatic rings. The highest BCUT2D eigenvalue weighted by Crippen LogP contribution is 2.22. The molecule has 0 spiro atoms. The van der Waals surface area contributed by atoms with Crippen LogP contribution in [0.5, 0.6) is 5.75 Å². The van der Waals surface area contributed by atoms with Crippen molar-refractivity contribution in [1.29, 1.82) is 0 Å². The van der Waals surface area contributed by atoms with E-state index in [1.807, 2.05) is 77.8 Å². The normalized spacial score (nSPS) is 15.6. The largest absolute Gasteiger partial charge is 0.494 e. The van der Waals surface area contributed by atoms with E-state index in [2.05, 4.69) is 13.2 Å². The second kappa shape index (κ2) is 21.3. The van der Waals surface area contributed by atoms with Crippen molar-refractivity contribution in [2.24, 2.45) is 0 Å². The molecule has 212 valence electrons. The van der Waals surface area contributed by atoms with Gasteiger partial charge in [0, 0.05) is 39.6 Å². The van der Waals surface area contributed by atoms with Gasteiger partial charge < -0.3 is 24.4 Å². The standard InChI is InChI=1S/C22H34N2O5.2C3H6.C2H6/c1-5-7-13-29-22(3,20(25)26)15-17-8-10-19(11-9-17)28-14-12-18-16-24(6-2)21(27)23(18)4;2*1-3-2;1-2/h8-11,18H,5-7,12-16H2,1-4H3,(H,25,26);2*3H,1H2,2H3;1-2H3/t18-,22+;;;/m1.../s1. The Morgan fingerprint density at radius 2 is 1.68 bits per heavy atom. The summed E-state index contributed by atoms with van der Waals surface area (Å²) in [6, 6.07) is 7.70. The van der Waals surface area contributed by atoms with Gasteiger partial charge in [0.05, 0.1) is 12.6 Å². The lowest BCUT2D eigenvalue weighted by Crippen LogP contribution is -2.41. The number of likely N-dealkylation sites (N-methyl/N-ethyl adjacent to an activating group) is 2. The Labute approximate surface area is 226 Å². The average molecular weight is 521 g/mol. The molecule has 1 fully saturated rings. The molecule has 0 bridgehead atoms. The Bertz CT molecular complexity index is 760. The van der Waals surface area contributed by atoms with Crippen molar-refractivity contribution in [3.05, 3.63) is 55.1 Å². The molecule has 37 heavy (non-hydrogen) atoms. The summed E-state index contributed by atoms with van der Waals surface area (Å²) in [5, 5.41) is 9.56. The lowest BCUT2D eigenvalue weighted by atomic mass is 9.96. The van der Waals surface area contributed by atoms with Gasteiger partial charge in [-0.1, -0.05) is 51.5 Å². The van der Waals surface area contributed by atoms with Gasteiger partial charge in [-0.25, -0.2) is 9.59 Å². The minimum Gasteiger partial charge on any atom is -0.494 e. The molecule has 1 aromatic rings. The third-order valence-electron chi connectivity index (χ3n) is 5.49. The summed E-state index contributed by atoms with van der Waals surface area (Å²) in [5.74, 6) is -0.220. The minimum absolute atomic E-state index is 0.0736. The maximum absolute atomic E-state index is 12.0. The van der Waals surface area contributed by atoms with E-state index in [0.29, 0.717) is 19.6 Å². The molecule has 1 N–H and O–H groups in total. The summed E-state index contributed by atoms with van der Waals surface area (Å²) < 4.78 is 11.5. The van der Waals surface area contributed by atoms with Crippen LogP contribution in [0.1, 0.15) is 73.3 Å². The lowest BCUT2D eigenvalue weighted by molar-refractivity contribution is -0.163. The Morgan fingerprint density at radius 3 is 2.11 bits per heavy atom. The second-order valence-corrected chi connectivity index (χ2v) is 8.60. The molecule has 7 heteroatoms. The van der Waals surface area contributed by atoms with Gasteiger partial charge in [0.2, 0.25) is 0 Å². The number of carbonyl (C=O) groups is 2. The smallest absolute Gasteiger partial charge is 0.336 e. The van der Waals surface area contributed by atoms with Gasteiger partial charge >= 0.3 is 12.0 Å². The molecular weight excluding hydrogens is 468 g/mol. The summed E-state index contributed by atoms with van der Waals surface area (Å²) in [6.07, 6.45) is 6.37. The number of aliphatic carboxylic acids is 1. The first kappa shape index (κ1) is 36.4. The number of amides is 2. The van der Waals surface area contributed by atoms with Crippen LogP contribution >= 0.6 is 0 Å². The van der Waals surface area contributed by atoms with Gasteiger partial charge in [-0.15, -0.1) is 13.2 Å². The van der Waals surface area contributed by atoms with Crippen LogP contribution in [0.25, 0.3) is 0 Å². The summed E-state index contributed by atoms with van der Waals surface area (Å²) in [4.78, 5) is 27.3. The van der Waals surface area contributed by atoms with E-state index in [1.165, 1.54) is 0 Å². The number of benzene rings is 1. The maximum Gasteiger partial charge on any atom is 0.336 e. The van der Waals surface area contributed by atoms with E-state index in [-0.39, 0.29) is 12.1 Å². The van der Waals surface area contributed by atoms with Crippen molar-refractivity contribution >= 4 is 12.0 Å². The number of ether oxygens (including phenoxy) is 2. The third kappa shape index (κ3) is 13.9. The van der Waals surface area contributed by atoms with Crippen LogP contribution < -0.4 is 4.74 Å². The van der Waals surface area contributed by atoms with Crippen molar-refractivity contribution < 1.29 is 24.2 Å². The number of urea groups is 1. The van der Waals surface area contributed by atoms with E-state index in [1.54, 1.807) is 24.0 Å². The van der Waals surface area contributed by atoms with Gasteiger partial charge in [-0.2, -0.15) is 0 Å². The third-order valence-corrected chi connectivity index (χ3v) is 5.49. The van der Waals surface area contributed by atoms with Crippen LogP contribution in [0, 0.1) is 0 Å². The Balaban J connectivity index is 0. The molecule has 1 aliphatic heterocycles. The fourth-order valence-electron chi connectivity index (χ4n) is 3.42. The molecule has 1 saturated heterocycles. The second-order valence-electron chi connectivity index (χ2n) is 8.60. The zero-order valence-electron chi connectivity index (χ0n) is 24.6. The van der Waals surface area contributed by atoms with E-state index >= 15 is 0 Å². The first-order chi connectivity index (χ1) is 17.6. The highest BCUT2D eigenvalue weighted by atomic mass is 16.5. The van der Waals surface area contributed by atoms with Crippen LogP contribution in [-0.2, 0) is 16.0 Å². The number of carboxylic acids is 1. The molecule has 7 nitrogen and oxygen atoms in total. The van der Waals surface area contributed by atoms with E-state index in [4.69, 9.17) is 9.47 Å². The zero-order valence-corrected chi connectivity index (χ0v) is 24.6. The van der Waals surface area contributed by atoms with Crippen LogP contribution in [-0.4, -0.2) is 71.9 Å². The molecule has 0 saturated carbocycles. The molecule has 0 unspecified atom stereocenters. The molecule has 2 rings (SSSR count). The summed E-state index contributed by atoms with van der Waals surface area (Å²) in [6.45, 7) is 22.6. The zero-order chi connectivity index (χ0) is 28.9. The molecule has 0 aliphatic carbocycles. The van der Waals surface area contributed by atoms with Crippen molar-refractivity contribution in [3.8, 4) is 5.75 Å². The SMILES string of the molecule is C=CC.C=CC.CC.CCCCO[C@@](C)(Cc1ccc(OCC[C@@H]2CN(CC)C(=O)N2C)cc1)C(=O)O. The minimum atomic E-state index is -1.23. The van der Waals surface area contributed by atoms with Crippen LogP contribution in [0.4, 0.5) is 4.79 Å². The van der Waals surface area contributed by atoms with Crippen molar-refractivity contribution in [3.63, 3.8) is 0 Å². The van der Waals surface area contributed by atoms with E-state index in [9.17, 15) is 14.7 Å². The Kier molecular flexibility index (Phi) is 20.9. The van der Waals surface area contributed by atoms with Crippen molar-refractivity contribution in [1.82, 2.24) is 9.80 Å².